The minimum Gasteiger partial charge on any atom is -0.472 e. The zero-order valence-electron chi connectivity index (χ0n) is 11.7. The van der Waals surface area contributed by atoms with E-state index in [2.05, 4.69) is 0 Å². The highest BCUT2D eigenvalue weighted by atomic mass is 16.3. The highest BCUT2D eigenvalue weighted by Crippen LogP contribution is 2.18. The van der Waals surface area contributed by atoms with E-state index in [9.17, 15) is 14.4 Å². The van der Waals surface area contributed by atoms with Crippen LogP contribution in [0.5, 0.6) is 0 Å². The lowest BCUT2D eigenvalue weighted by Crippen LogP contribution is -2.38. The third kappa shape index (κ3) is 2.52. The van der Waals surface area contributed by atoms with E-state index in [1.54, 1.807) is 19.4 Å². The summed E-state index contributed by atoms with van der Waals surface area (Å²) in [6, 6.07) is 0.672. The molecule has 108 valence electrons. The van der Waals surface area contributed by atoms with Crippen LogP contribution in [0.4, 0.5) is 4.79 Å². The second-order valence-electron chi connectivity index (χ2n) is 4.89. The molecule has 0 radical (unpaired) electrons. The minimum atomic E-state index is -0.716. The summed E-state index contributed by atoms with van der Waals surface area (Å²) in [6.45, 7) is 0.406. The molecule has 2 heterocycles. The van der Waals surface area contributed by atoms with E-state index in [1.807, 2.05) is 0 Å². The van der Waals surface area contributed by atoms with Gasteiger partial charge in [-0.15, -0.1) is 0 Å². The second kappa shape index (κ2) is 5.36. The molecule has 20 heavy (non-hydrogen) atoms. The summed E-state index contributed by atoms with van der Waals surface area (Å²) >= 11 is 0. The molecule has 1 atom stereocenters. The van der Waals surface area contributed by atoms with Gasteiger partial charge in [0.15, 0.2) is 0 Å². The van der Waals surface area contributed by atoms with E-state index in [1.165, 1.54) is 30.2 Å². The molecule has 1 saturated heterocycles. The normalized spacial score (nSPS) is 18.9. The molecule has 4 amide bonds. The van der Waals surface area contributed by atoms with E-state index in [4.69, 9.17) is 4.42 Å². The number of amides is 4. The van der Waals surface area contributed by atoms with Crippen LogP contribution in [0, 0.1) is 0 Å². The fourth-order valence-corrected chi connectivity index (χ4v) is 2.14. The number of hydrogen-bond acceptors (Lipinski definition) is 4. The Morgan fingerprint density at radius 3 is 2.60 bits per heavy atom. The number of urea groups is 1. The minimum absolute atomic E-state index is 0.0141. The van der Waals surface area contributed by atoms with Gasteiger partial charge in [-0.2, -0.15) is 0 Å². The van der Waals surface area contributed by atoms with Crippen LogP contribution in [0.1, 0.15) is 12.0 Å². The lowest BCUT2D eigenvalue weighted by molar-refractivity contribution is -0.135. The molecule has 7 heteroatoms. The number of rotatable bonds is 4. The smallest absolute Gasteiger partial charge is 0.326 e. The van der Waals surface area contributed by atoms with Crippen molar-refractivity contribution in [1.82, 2.24) is 14.7 Å². The maximum Gasteiger partial charge on any atom is 0.326 e. The predicted octanol–water partition coefficient (Wildman–Crippen LogP) is 0.520. The van der Waals surface area contributed by atoms with E-state index in [0.717, 1.165) is 10.5 Å². The van der Waals surface area contributed by atoms with Crippen LogP contribution in [0.25, 0.3) is 0 Å². The number of nitrogens with zero attached hydrogens (tertiary/aromatic N) is 3. The Hall–Kier alpha value is -2.31. The molecule has 0 unspecified atom stereocenters. The van der Waals surface area contributed by atoms with Crippen molar-refractivity contribution in [2.75, 3.05) is 21.1 Å². The molecule has 1 aromatic rings. The van der Waals surface area contributed by atoms with Crippen molar-refractivity contribution in [3.8, 4) is 0 Å². The first-order valence-electron chi connectivity index (χ1n) is 6.21. The standard InChI is InChI=1S/C13H17N3O4/c1-14(7-9-4-5-20-8-9)11(17)6-10-12(18)16(3)13(19)15(10)2/h4-5,8,10H,6-7H2,1-3H3/t10-/m1/s1. The number of furan rings is 1. The molecule has 1 aliphatic heterocycles. The van der Waals surface area contributed by atoms with Crippen LogP contribution < -0.4 is 0 Å². The molecule has 0 aromatic carbocycles. The highest BCUT2D eigenvalue weighted by Gasteiger charge is 2.42. The van der Waals surface area contributed by atoms with E-state index in [0.29, 0.717) is 6.54 Å². The Kier molecular flexibility index (Phi) is 3.78. The molecule has 7 nitrogen and oxygen atoms in total. The fraction of sp³-hybridized carbons (Fsp3) is 0.462. The zero-order valence-corrected chi connectivity index (χ0v) is 11.7. The van der Waals surface area contributed by atoms with Gasteiger partial charge in [0.1, 0.15) is 6.04 Å². The van der Waals surface area contributed by atoms with Gasteiger partial charge in [0, 0.05) is 33.3 Å². The third-order valence-electron chi connectivity index (χ3n) is 3.47. The Labute approximate surface area is 116 Å². The summed E-state index contributed by atoms with van der Waals surface area (Å²) in [7, 11) is 4.60. The molecule has 2 rings (SSSR count). The molecule has 1 aliphatic rings. The maximum atomic E-state index is 12.1. The van der Waals surface area contributed by atoms with Gasteiger partial charge in [0.25, 0.3) is 5.91 Å². The summed E-state index contributed by atoms with van der Waals surface area (Å²) in [6.07, 6.45) is 3.09. The fourth-order valence-electron chi connectivity index (χ4n) is 2.14. The summed E-state index contributed by atoms with van der Waals surface area (Å²) in [4.78, 5) is 39.5. The van der Waals surface area contributed by atoms with Gasteiger partial charge in [-0.3, -0.25) is 14.5 Å². The molecule has 0 aliphatic carbocycles. The van der Waals surface area contributed by atoms with Crippen LogP contribution >= 0.6 is 0 Å². The van der Waals surface area contributed by atoms with E-state index in [-0.39, 0.29) is 24.3 Å². The Balaban J connectivity index is 1.97. The molecule has 0 saturated carbocycles. The molecule has 0 bridgehead atoms. The number of carbonyl (C=O) groups is 3. The summed E-state index contributed by atoms with van der Waals surface area (Å²) in [5.41, 5.74) is 0.875. The van der Waals surface area contributed by atoms with Gasteiger partial charge in [0.05, 0.1) is 18.9 Å². The monoisotopic (exact) mass is 279 g/mol. The van der Waals surface area contributed by atoms with Crippen molar-refractivity contribution in [2.24, 2.45) is 0 Å². The van der Waals surface area contributed by atoms with Gasteiger partial charge >= 0.3 is 6.03 Å². The average molecular weight is 279 g/mol. The largest absolute Gasteiger partial charge is 0.472 e. The van der Waals surface area contributed by atoms with Crippen molar-refractivity contribution in [3.63, 3.8) is 0 Å². The molecule has 1 aromatic heterocycles. The van der Waals surface area contributed by atoms with Crippen molar-refractivity contribution in [3.05, 3.63) is 24.2 Å². The number of likely N-dealkylation sites (N-methyl/N-ethyl adjacent to an activating group) is 2. The van der Waals surface area contributed by atoms with Gasteiger partial charge in [-0.05, 0) is 6.07 Å². The van der Waals surface area contributed by atoms with Gasteiger partial charge < -0.3 is 14.2 Å². The van der Waals surface area contributed by atoms with Gasteiger partial charge in [-0.25, -0.2) is 4.79 Å². The number of carbonyl (C=O) groups excluding carboxylic acids is 3. The topological polar surface area (TPSA) is 74.1 Å². The van der Waals surface area contributed by atoms with E-state index < -0.39 is 6.04 Å². The Morgan fingerprint density at radius 1 is 1.40 bits per heavy atom. The summed E-state index contributed by atoms with van der Waals surface area (Å²) in [5, 5.41) is 0. The highest BCUT2D eigenvalue weighted by molar-refractivity contribution is 6.05. The van der Waals surface area contributed by atoms with Crippen molar-refractivity contribution >= 4 is 17.8 Å². The maximum absolute atomic E-state index is 12.1. The number of hydrogen-bond donors (Lipinski definition) is 0. The second-order valence-corrected chi connectivity index (χ2v) is 4.89. The Morgan fingerprint density at radius 2 is 2.10 bits per heavy atom. The molecular formula is C13H17N3O4. The quantitative estimate of drug-likeness (QED) is 0.753. The first kappa shape index (κ1) is 14.1. The predicted molar refractivity (Wildman–Crippen MR) is 69.5 cm³/mol. The molecule has 0 N–H and O–H groups in total. The first-order valence-corrected chi connectivity index (χ1v) is 6.21. The van der Waals surface area contributed by atoms with Gasteiger partial charge in [-0.1, -0.05) is 0 Å². The first-order chi connectivity index (χ1) is 9.41. The third-order valence-corrected chi connectivity index (χ3v) is 3.47. The number of imide groups is 1. The zero-order chi connectivity index (χ0) is 14.9. The van der Waals surface area contributed by atoms with Crippen LogP contribution in [-0.4, -0.2) is 59.7 Å². The lowest BCUT2D eigenvalue weighted by atomic mass is 10.1. The van der Waals surface area contributed by atoms with E-state index >= 15 is 0 Å². The van der Waals surface area contributed by atoms with Crippen LogP contribution in [0.2, 0.25) is 0 Å². The SMILES string of the molecule is CN(Cc1ccoc1)C(=O)C[C@@H]1C(=O)N(C)C(=O)N1C. The summed E-state index contributed by atoms with van der Waals surface area (Å²) in [5.74, 6) is -0.540. The molecular weight excluding hydrogens is 262 g/mol. The van der Waals surface area contributed by atoms with Crippen molar-refractivity contribution in [1.29, 1.82) is 0 Å². The lowest BCUT2D eigenvalue weighted by Gasteiger charge is -2.20. The van der Waals surface area contributed by atoms with Gasteiger partial charge in [0.2, 0.25) is 5.91 Å². The van der Waals surface area contributed by atoms with Crippen LogP contribution in [-0.2, 0) is 16.1 Å². The molecule has 1 fully saturated rings. The average Bonchev–Trinajstić information content (AvgIpc) is 2.98. The van der Waals surface area contributed by atoms with Crippen molar-refractivity contribution < 1.29 is 18.8 Å². The molecule has 0 spiro atoms. The van der Waals surface area contributed by atoms with Crippen LogP contribution in [0.15, 0.2) is 23.0 Å². The van der Waals surface area contributed by atoms with Crippen LogP contribution in [0.3, 0.4) is 0 Å². The summed E-state index contributed by atoms with van der Waals surface area (Å²) < 4.78 is 4.94. The Bertz CT molecular complexity index is 526. The van der Waals surface area contributed by atoms with Crippen molar-refractivity contribution in [2.45, 2.75) is 19.0 Å².